The Balaban J connectivity index is 2.18. The summed E-state index contributed by atoms with van der Waals surface area (Å²) < 4.78 is 7.10. The van der Waals surface area contributed by atoms with Crippen molar-refractivity contribution >= 4 is 23.6 Å². The number of aromatic nitrogens is 3. The fourth-order valence-corrected chi connectivity index (χ4v) is 2.77. The van der Waals surface area contributed by atoms with Crippen molar-refractivity contribution in [3.05, 3.63) is 23.7 Å². The standard InChI is InChI=1S/C13H14N4O4/c1-6-2-7(4-18)21-11(6)9-3-8(13(19)20)10-12(14)15-5-16-17(9)10/h3-7,11H,2H2,1H3,(H,19,20)(H2,14,15,16). The van der Waals surface area contributed by atoms with Crippen LogP contribution in [0.1, 0.15) is 35.5 Å². The van der Waals surface area contributed by atoms with E-state index in [1.54, 1.807) is 0 Å². The summed E-state index contributed by atoms with van der Waals surface area (Å²) in [6, 6.07) is 1.48. The van der Waals surface area contributed by atoms with Crippen LogP contribution in [0.4, 0.5) is 5.82 Å². The molecule has 1 saturated heterocycles. The normalized spacial score (nSPS) is 25.3. The summed E-state index contributed by atoms with van der Waals surface area (Å²) in [5, 5.41) is 13.4. The first-order chi connectivity index (χ1) is 10.0. The number of carboxylic acids is 1. The van der Waals surface area contributed by atoms with Gasteiger partial charge in [-0.1, -0.05) is 6.92 Å². The van der Waals surface area contributed by atoms with Gasteiger partial charge in [-0.25, -0.2) is 14.3 Å². The molecule has 0 radical (unpaired) electrons. The number of anilines is 1. The van der Waals surface area contributed by atoms with E-state index in [0.29, 0.717) is 12.1 Å². The molecule has 0 bridgehead atoms. The largest absolute Gasteiger partial charge is 0.478 e. The fraction of sp³-hybridized carbons (Fsp3) is 0.385. The van der Waals surface area contributed by atoms with Crippen LogP contribution < -0.4 is 5.73 Å². The van der Waals surface area contributed by atoms with Crippen molar-refractivity contribution in [2.45, 2.75) is 25.6 Å². The average molecular weight is 290 g/mol. The molecule has 0 amide bonds. The van der Waals surface area contributed by atoms with Gasteiger partial charge >= 0.3 is 5.97 Å². The number of nitrogens with zero attached hydrogens (tertiary/aromatic N) is 3. The third-order valence-electron chi connectivity index (χ3n) is 3.73. The minimum absolute atomic E-state index is 0.0217. The van der Waals surface area contributed by atoms with Crippen LogP contribution in [0.3, 0.4) is 0 Å². The van der Waals surface area contributed by atoms with Gasteiger partial charge in [-0.05, 0) is 18.4 Å². The van der Waals surface area contributed by atoms with Gasteiger partial charge in [0.05, 0.1) is 11.3 Å². The smallest absolute Gasteiger partial charge is 0.338 e. The Morgan fingerprint density at radius 2 is 2.38 bits per heavy atom. The summed E-state index contributed by atoms with van der Waals surface area (Å²) in [5.74, 6) is -0.958. The Morgan fingerprint density at radius 1 is 1.62 bits per heavy atom. The summed E-state index contributed by atoms with van der Waals surface area (Å²) in [6.45, 7) is 1.94. The molecule has 3 unspecified atom stereocenters. The number of carboxylic acid groups (broad SMARTS) is 1. The molecule has 3 heterocycles. The molecule has 1 fully saturated rings. The number of carbonyl (C=O) groups excluding carboxylic acids is 1. The summed E-state index contributed by atoms with van der Waals surface area (Å²) in [5.41, 5.74) is 6.59. The van der Waals surface area contributed by atoms with Crippen molar-refractivity contribution in [3.63, 3.8) is 0 Å². The molecular formula is C13H14N4O4. The lowest BCUT2D eigenvalue weighted by atomic mass is 9.99. The number of hydrogen-bond donors (Lipinski definition) is 2. The predicted octanol–water partition coefficient (Wildman–Crippen LogP) is 0.675. The van der Waals surface area contributed by atoms with Crippen LogP contribution in [0.2, 0.25) is 0 Å². The van der Waals surface area contributed by atoms with Crippen molar-refractivity contribution in [1.29, 1.82) is 0 Å². The van der Waals surface area contributed by atoms with E-state index in [4.69, 9.17) is 10.5 Å². The first-order valence-corrected chi connectivity index (χ1v) is 6.49. The second kappa shape index (κ2) is 4.81. The van der Waals surface area contributed by atoms with E-state index in [0.717, 1.165) is 6.29 Å². The number of nitrogen functional groups attached to an aromatic ring is 1. The second-order valence-electron chi connectivity index (χ2n) is 5.14. The molecule has 3 atom stereocenters. The maximum absolute atomic E-state index is 11.4. The van der Waals surface area contributed by atoms with Crippen LogP contribution in [0.15, 0.2) is 12.4 Å². The molecule has 3 rings (SSSR count). The summed E-state index contributed by atoms with van der Waals surface area (Å²) >= 11 is 0. The zero-order valence-electron chi connectivity index (χ0n) is 11.3. The number of aldehydes is 1. The lowest BCUT2D eigenvalue weighted by Gasteiger charge is -2.14. The molecule has 2 aromatic heterocycles. The molecule has 0 aromatic carbocycles. The van der Waals surface area contributed by atoms with Crippen LogP contribution in [0, 0.1) is 5.92 Å². The zero-order valence-corrected chi connectivity index (χ0v) is 11.3. The highest BCUT2D eigenvalue weighted by molar-refractivity contribution is 5.99. The lowest BCUT2D eigenvalue weighted by molar-refractivity contribution is -0.117. The van der Waals surface area contributed by atoms with E-state index >= 15 is 0 Å². The number of carbonyl (C=O) groups is 2. The molecule has 0 aliphatic carbocycles. The highest BCUT2D eigenvalue weighted by atomic mass is 16.5. The summed E-state index contributed by atoms with van der Waals surface area (Å²) in [6.07, 6.45) is 1.71. The Bertz CT molecular complexity index is 726. The topological polar surface area (TPSA) is 120 Å². The molecule has 8 nitrogen and oxygen atoms in total. The maximum Gasteiger partial charge on any atom is 0.338 e. The van der Waals surface area contributed by atoms with Gasteiger partial charge < -0.3 is 20.4 Å². The van der Waals surface area contributed by atoms with E-state index in [2.05, 4.69) is 10.1 Å². The fourth-order valence-electron chi connectivity index (χ4n) is 2.77. The van der Waals surface area contributed by atoms with Crippen molar-refractivity contribution in [2.75, 3.05) is 5.73 Å². The average Bonchev–Trinajstić information content (AvgIpc) is 3.00. The monoisotopic (exact) mass is 290 g/mol. The number of fused-ring (bicyclic) bond motifs is 1. The van der Waals surface area contributed by atoms with E-state index < -0.39 is 18.2 Å². The second-order valence-corrected chi connectivity index (χ2v) is 5.14. The van der Waals surface area contributed by atoms with Gasteiger partial charge in [0, 0.05) is 0 Å². The Hall–Kier alpha value is -2.48. The molecular weight excluding hydrogens is 276 g/mol. The Morgan fingerprint density at radius 3 is 3.00 bits per heavy atom. The molecule has 1 aliphatic rings. The van der Waals surface area contributed by atoms with Gasteiger partial charge in [0.2, 0.25) is 0 Å². The molecule has 8 heteroatoms. The van der Waals surface area contributed by atoms with Crippen molar-refractivity contribution in [3.8, 4) is 0 Å². The number of ether oxygens (including phenoxy) is 1. The van der Waals surface area contributed by atoms with E-state index in [9.17, 15) is 14.7 Å². The quantitative estimate of drug-likeness (QED) is 0.797. The molecule has 3 N–H and O–H groups in total. The van der Waals surface area contributed by atoms with Crippen LogP contribution in [0.5, 0.6) is 0 Å². The maximum atomic E-state index is 11.4. The molecule has 110 valence electrons. The minimum Gasteiger partial charge on any atom is -0.478 e. The highest BCUT2D eigenvalue weighted by Crippen LogP contribution is 2.38. The molecule has 0 saturated carbocycles. The minimum atomic E-state index is -1.11. The predicted molar refractivity (Wildman–Crippen MR) is 71.8 cm³/mol. The molecule has 2 aromatic rings. The van der Waals surface area contributed by atoms with Crippen LogP contribution >= 0.6 is 0 Å². The number of nitrogens with two attached hydrogens (primary N) is 1. The van der Waals surface area contributed by atoms with Gasteiger partial charge in [0.15, 0.2) is 5.82 Å². The third kappa shape index (κ3) is 2.04. The lowest BCUT2D eigenvalue weighted by Crippen LogP contribution is -2.11. The van der Waals surface area contributed by atoms with Gasteiger partial charge in [0.1, 0.15) is 30.3 Å². The van der Waals surface area contributed by atoms with Gasteiger partial charge in [-0.3, -0.25) is 0 Å². The van der Waals surface area contributed by atoms with Crippen molar-refractivity contribution in [1.82, 2.24) is 14.6 Å². The van der Waals surface area contributed by atoms with Crippen LogP contribution in [-0.4, -0.2) is 38.1 Å². The SMILES string of the molecule is CC1CC(C=O)OC1c1cc(C(=O)O)c2c(N)ncnn12. The number of rotatable bonds is 3. The van der Waals surface area contributed by atoms with Crippen LogP contribution in [0.25, 0.3) is 5.52 Å². The summed E-state index contributed by atoms with van der Waals surface area (Å²) in [7, 11) is 0. The van der Waals surface area contributed by atoms with Crippen molar-refractivity contribution in [2.24, 2.45) is 5.92 Å². The Labute approximate surface area is 119 Å². The van der Waals surface area contributed by atoms with Gasteiger partial charge in [0.25, 0.3) is 0 Å². The van der Waals surface area contributed by atoms with Crippen molar-refractivity contribution < 1.29 is 19.4 Å². The number of hydrogen-bond acceptors (Lipinski definition) is 6. The summed E-state index contributed by atoms with van der Waals surface area (Å²) in [4.78, 5) is 26.1. The van der Waals surface area contributed by atoms with E-state index in [1.807, 2.05) is 6.92 Å². The first kappa shape index (κ1) is 13.5. The molecule has 0 spiro atoms. The van der Waals surface area contributed by atoms with Crippen LogP contribution in [-0.2, 0) is 9.53 Å². The first-order valence-electron chi connectivity index (χ1n) is 6.49. The Kier molecular flexibility index (Phi) is 3.09. The number of aromatic carboxylic acids is 1. The van der Waals surface area contributed by atoms with E-state index in [1.165, 1.54) is 16.9 Å². The molecule has 21 heavy (non-hydrogen) atoms. The van der Waals surface area contributed by atoms with E-state index in [-0.39, 0.29) is 22.8 Å². The van der Waals surface area contributed by atoms with Gasteiger partial charge in [-0.2, -0.15) is 5.10 Å². The van der Waals surface area contributed by atoms with Gasteiger partial charge in [-0.15, -0.1) is 0 Å². The third-order valence-corrected chi connectivity index (χ3v) is 3.73. The highest BCUT2D eigenvalue weighted by Gasteiger charge is 2.36. The molecule has 1 aliphatic heterocycles. The zero-order chi connectivity index (χ0) is 15.1.